The number of rotatable bonds is 2. The predicted octanol–water partition coefficient (Wildman–Crippen LogP) is -0.0107. The zero-order valence-corrected chi connectivity index (χ0v) is 8.33. The van der Waals surface area contributed by atoms with Crippen molar-refractivity contribution in [2.75, 3.05) is 13.6 Å². The molecule has 1 saturated heterocycles. The van der Waals surface area contributed by atoms with E-state index in [0.717, 1.165) is 13.0 Å². The first kappa shape index (κ1) is 10.0. The Balaban J connectivity index is 2.47. The van der Waals surface area contributed by atoms with E-state index in [2.05, 4.69) is 5.32 Å². The lowest BCUT2D eigenvalue weighted by Crippen LogP contribution is -2.42. The molecule has 1 fully saturated rings. The average Bonchev–Trinajstić information content (AvgIpc) is 2.36. The normalized spacial score (nSPS) is 22.6. The summed E-state index contributed by atoms with van der Waals surface area (Å²) in [5.74, 6) is -0.0821. The van der Waals surface area contributed by atoms with E-state index in [1.54, 1.807) is 11.9 Å². The lowest BCUT2D eigenvalue weighted by atomic mass is 10.2. The SMILES string of the molecule is CC(C)C(=O)NC1CCN(C)C1=O. The third kappa shape index (κ3) is 2.20. The van der Waals surface area contributed by atoms with Crippen LogP contribution in [0.1, 0.15) is 20.3 Å². The molecule has 1 rings (SSSR count). The first-order chi connectivity index (χ1) is 6.02. The Morgan fingerprint density at radius 3 is 2.62 bits per heavy atom. The van der Waals surface area contributed by atoms with Gasteiger partial charge < -0.3 is 10.2 Å². The molecule has 0 aromatic rings. The molecule has 0 saturated carbocycles. The molecule has 1 heterocycles. The Morgan fingerprint density at radius 2 is 2.23 bits per heavy atom. The van der Waals surface area contributed by atoms with Crippen LogP contribution in [0, 0.1) is 5.92 Å². The summed E-state index contributed by atoms with van der Waals surface area (Å²) in [4.78, 5) is 24.3. The molecule has 1 aliphatic rings. The summed E-state index contributed by atoms with van der Waals surface area (Å²) in [6.07, 6.45) is 0.730. The molecule has 1 aliphatic heterocycles. The monoisotopic (exact) mass is 184 g/mol. The summed E-state index contributed by atoms with van der Waals surface area (Å²) in [6.45, 7) is 4.37. The van der Waals surface area contributed by atoms with Crippen molar-refractivity contribution in [3.8, 4) is 0 Å². The van der Waals surface area contributed by atoms with Gasteiger partial charge in [0.05, 0.1) is 0 Å². The maximum absolute atomic E-state index is 11.4. The van der Waals surface area contributed by atoms with Crippen molar-refractivity contribution in [2.24, 2.45) is 5.92 Å². The second-order valence-electron chi connectivity index (χ2n) is 3.76. The van der Waals surface area contributed by atoms with Crippen LogP contribution in [0.3, 0.4) is 0 Å². The fourth-order valence-corrected chi connectivity index (χ4v) is 1.29. The van der Waals surface area contributed by atoms with E-state index >= 15 is 0 Å². The van der Waals surface area contributed by atoms with Gasteiger partial charge in [0.1, 0.15) is 6.04 Å². The highest BCUT2D eigenvalue weighted by atomic mass is 16.2. The van der Waals surface area contributed by atoms with Crippen LogP contribution in [0.15, 0.2) is 0 Å². The van der Waals surface area contributed by atoms with Gasteiger partial charge in [0.2, 0.25) is 11.8 Å². The summed E-state index contributed by atoms with van der Waals surface area (Å²) >= 11 is 0. The van der Waals surface area contributed by atoms with Gasteiger partial charge in [-0.1, -0.05) is 13.8 Å². The Bertz CT molecular complexity index is 226. The largest absolute Gasteiger partial charge is 0.344 e. The molecule has 0 bridgehead atoms. The van der Waals surface area contributed by atoms with Gasteiger partial charge in [-0.15, -0.1) is 0 Å². The zero-order valence-electron chi connectivity index (χ0n) is 8.33. The number of nitrogens with one attached hydrogen (secondary N) is 1. The van der Waals surface area contributed by atoms with E-state index in [4.69, 9.17) is 0 Å². The highest BCUT2D eigenvalue weighted by Crippen LogP contribution is 2.08. The van der Waals surface area contributed by atoms with Crippen LogP contribution in [0.2, 0.25) is 0 Å². The molecule has 2 amide bonds. The number of likely N-dealkylation sites (N-methyl/N-ethyl adjacent to an activating group) is 1. The van der Waals surface area contributed by atoms with Gasteiger partial charge in [-0.2, -0.15) is 0 Å². The highest BCUT2D eigenvalue weighted by Gasteiger charge is 2.30. The van der Waals surface area contributed by atoms with Crippen LogP contribution in [-0.4, -0.2) is 36.3 Å². The first-order valence-electron chi connectivity index (χ1n) is 4.57. The fraction of sp³-hybridized carbons (Fsp3) is 0.778. The van der Waals surface area contributed by atoms with Crippen LogP contribution in [0.4, 0.5) is 0 Å². The molecule has 0 aliphatic carbocycles. The first-order valence-corrected chi connectivity index (χ1v) is 4.57. The Kier molecular flexibility index (Phi) is 2.90. The van der Waals surface area contributed by atoms with Crippen molar-refractivity contribution < 1.29 is 9.59 Å². The van der Waals surface area contributed by atoms with Crippen molar-refractivity contribution in [1.29, 1.82) is 0 Å². The van der Waals surface area contributed by atoms with Gasteiger partial charge in [0, 0.05) is 19.5 Å². The molecule has 13 heavy (non-hydrogen) atoms. The maximum Gasteiger partial charge on any atom is 0.244 e. The van der Waals surface area contributed by atoms with Crippen LogP contribution >= 0.6 is 0 Å². The second kappa shape index (κ2) is 3.77. The van der Waals surface area contributed by atoms with Gasteiger partial charge in [0.15, 0.2) is 0 Å². The van der Waals surface area contributed by atoms with Crippen molar-refractivity contribution in [3.63, 3.8) is 0 Å². The van der Waals surface area contributed by atoms with Crippen molar-refractivity contribution in [1.82, 2.24) is 10.2 Å². The fourth-order valence-electron chi connectivity index (χ4n) is 1.29. The molecular weight excluding hydrogens is 168 g/mol. The van der Waals surface area contributed by atoms with Crippen LogP contribution in [-0.2, 0) is 9.59 Å². The minimum Gasteiger partial charge on any atom is -0.344 e. The van der Waals surface area contributed by atoms with Gasteiger partial charge in [-0.25, -0.2) is 0 Å². The summed E-state index contributed by atoms with van der Waals surface area (Å²) in [5.41, 5.74) is 0. The highest BCUT2D eigenvalue weighted by molar-refractivity contribution is 5.89. The van der Waals surface area contributed by atoms with Crippen molar-refractivity contribution in [2.45, 2.75) is 26.3 Å². The molecule has 1 atom stereocenters. The minimum atomic E-state index is -0.292. The Morgan fingerprint density at radius 1 is 1.62 bits per heavy atom. The van der Waals surface area contributed by atoms with E-state index in [-0.39, 0.29) is 23.8 Å². The molecular formula is C9H16N2O2. The number of hydrogen-bond acceptors (Lipinski definition) is 2. The van der Waals surface area contributed by atoms with E-state index in [9.17, 15) is 9.59 Å². The summed E-state index contributed by atoms with van der Waals surface area (Å²) in [6, 6.07) is -0.292. The molecule has 4 nitrogen and oxygen atoms in total. The topological polar surface area (TPSA) is 49.4 Å². The number of carbonyl (C=O) groups is 2. The summed E-state index contributed by atoms with van der Waals surface area (Å²) < 4.78 is 0. The van der Waals surface area contributed by atoms with Crippen molar-refractivity contribution >= 4 is 11.8 Å². The lowest BCUT2D eigenvalue weighted by molar-refractivity contribution is -0.132. The van der Waals surface area contributed by atoms with Crippen molar-refractivity contribution in [3.05, 3.63) is 0 Å². The average molecular weight is 184 g/mol. The van der Waals surface area contributed by atoms with Gasteiger partial charge in [0.25, 0.3) is 0 Å². The van der Waals surface area contributed by atoms with Gasteiger partial charge in [-0.3, -0.25) is 9.59 Å². The van der Waals surface area contributed by atoms with E-state index in [0.29, 0.717) is 0 Å². The van der Waals surface area contributed by atoms with E-state index < -0.39 is 0 Å². The third-order valence-corrected chi connectivity index (χ3v) is 2.27. The lowest BCUT2D eigenvalue weighted by Gasteiger charge is -2.13. The molecule has 1 unspecified atom stereocenters. The predicted molar refractivity (Wildman–Crippen MR) is 49.0 cm³/mol. The maximum atomic E-state index is 11.4. The zero-order chi connectivity index (χ0) is 10.0. The number of amides is 2. The van der Waals surface area contributed by atoms with Crippen LogP contribution in [0.25, 0.3) is 0 Å². The molecule has 0 spiro atoms. The Labute approximate surface area is 78.3 Å². The Hall–Kier alpha value is -1.06. The second-order valence-corrected chi connectivity index (χ2v) is 3.76. The molecule has 4 heteroatoms. The summed E-state index contributed by atoms with van der Waals surface area (Å²) in [5, 5.41) is 2.73. The quantitative estimate of drug-likeness (QED) is 0.656. The van der Waals surface area contributed by atoms with E-state index in [1.807, 2.05) is 13.8 Å². The molecule has 0 aromatic carbocycles. The number of nitrogens with zero attached hydrogens (tertiary/aromatic N) is 1. The third-order valence-electron chi connectivity index (χ3n) is 2.27. The smallest absolute Gasteiger partial charge is 0.244 e. The van der Waals surface area contributed by atoms with Gasteiger partial charge >= 0.3 is 0 Å². The minimum absolute atomic E-state index is 0.0222. The molecule has 0 radical (unpaired) electrons. The molecule has 74 valence electrons. The molecule has 1 N–H and O–H groups in total. The standard InChI is InChI=1S/C9H16N2O2/c1-6(2)8(12)10-7-4-5-11(3)9(7)13/h6-7H,4-5H2,1-3H3,(H,10,12). The number of carbonyl (C=O) groups excluding carboxylic acids is 2. The summed E-state index contributed by atoms with van der Waals surface area (Å²) in [7, 11) is 1.75. The number of likely N-dealkylation sites (tertiary alicyclic amines) is 1. The molecule has 0 aromatic heterocycles. The van der Waals surface area contributed by atoms with Crippen LogP contribution in [0.5, 0.6) is 0 Å². The number of hydrogen-bond donors (Lipinski definition) is 1. The van der Waals surface area contributed by atoms with Gasteiger partial charge in [-0.05, 0) is 6.42 Å². The van der Waals surface area contributed by atoms with E-state index in [1.165, 1.54) is 0 Å². The van der Waals surface area contributed by atoms with Crippen LogP contribution < -0.4 is 5.32 Å².